The maximum Gasteiger partial charge on any atom is 0.336 e. The van der Waals surface area contributed by atoms with Crippen molar-refractivity contribution < 1.29 is 18.4 Å². The number of hydrogen-bond acceptors (Lipinski definition) is 5. The normalized spacial score (nSPS) is 11.3. The van der Waals surface area contributed by atoms with Crippen molar-refractivity contribution in [3.05, 3.63) is 75.0 Å². The van der Waals surface area contributed by atoms with Gasteiger partial charge in [0.25, 0.3) is 0 Å². The zero-order valence-electron chi connectivity index (χ0n) is 14.3. The van der Waals surface area contributed by atoms with Gasteiger partial charge < -0.3 is 13.6 Å². The first-order chi connectivity index (χ1) is 11.9. The minimum absolute atomic E-state index is 0.00897. The quantitative estimate of drug-likeness (QED) is 0.407. The molecule has 128 valence electrons. The van der Waals surface area contributed by atoms with Crippen molar-refractivity contribution in [2.45, 2.75) is 27.4 Å². The molecule has 3 rings (SSSR count). The van der Waals surface area contributed by atoms with Crippen LogP contribution in [0.2, 0.25) is 0 Å². The molecule has 3 aromatic rings. The van der Waals surface area contributed by atoms with Crippen LogP contribution in [-0.4, -0.2) is 5.97 Å². The van der Waals surface area contributed by atoms with Crippen LogP contribution < -0.4 is 5.63 Å². The van der Waals surface area contributed by atoms with Gasteiger partial charge in [-0.25, -0.2) is 9.59 Å². The summed E-state index contributed by atoms with van der Waals surface area (Å²) in [6, 6.07) is 8.67. The van der Waals surface area contributed by atoms with Crippen LogP contribution in [0.5, 0.6) is 0 Å². The highest BCUT2D eigenvalue weighted by Crippen LogP contribution is 2.22. The van der Waals surface area contributed by atoms with Crippen molar-refractivity contribution >= 4 is 23.0 Å². The lowest BCUT2D eigenvalue weighted by Crippen LogP contribution is -2.06. The molecule has 1 aromatic carbocycles. The minimum atomic E-state index is -0.515. The summed E-state index contributed by atoms with van der Waals surface area (Å²) in [6.45, 7) is 5.74. The van der Waals surface area contributed by atoms with E-state index in [9.17, 15) is 9.59 Å². The molecule has 0 saturated heterocycles. The summed E-state index contributed by atoms with van der Waals surface area (Å²) in [6.07, 6.45) is 2.83. The summed E-state index contributed by atoms with van der Waals surface area (Å²) < 4.78 is 15.8. The average molecular weight is 338 g/mol. The molecule has 2 heterocycles. The molecule has 0 N–H and O–H groups in total. The molecule has 0 unspecified atom stereocenters. The fourth-order valence-electron chi connectivity index (χ4n) is 2.49. The highest BCUT2D eigenvalue weighted by molar-refractivity contribution is 5.87. The molecule has 0 atom stereocenters. The summed E-state index contributed by atoms with van der Waals surface area (Å²) in [5, 5.41) is 0.765. The van der Waals surface area contributed by atoms with Crippen LogP contribution in [0.4, 0.5) is 0 Å². The molecule has 2 aromatic heterocycles. The molecule has 5 heteroatoms. The summed E-state index contributed by atoms with van der Waals surface area (Å²) in [4.78, 5) is 23.6. The molecule has 0 aliphatic rings. The Morgan fingerprint density at radius 3 is 2.56 bits per heavy atom. The molecule has 0 fully saturated rings. The van der Waals surface area contributed by atoms with Crippen LogP contribution in [0.25, 0.3) is 17.0 Å². The first-order valence-corrected chi connectivity index (χ1v) is 7.87. The fraction of sp³-hybridized carbons (Fsp3) is 0.200. The molecular weight excluding hydrogens is 320 g/mol. The first-order valence-electron chi connectivity index (χ1n) is 7.87. The van der Waals surface area contributed by atoms with Gasteiger partial charge in [-0.2, -0.15) is 0 Å². The van der Waals surface area contributed by atoms with Crippen LogP contribution >= 0.6 is 0 Å². The third-order valence-electron chi connectivity index (χ3n) is 3.96. The Labute approximate surface area is 144 Å². The number of aryl methyl sites for hydroxylation is 3. The molecule has 0 saturated carbocycles. The summed E-state index contributed by atoms with van der Waals surface area (Å²) in [5.74, 6) is 0.826. The zero-order chi connectivity index (χ0) is 18.0. The number of rotatable bonds is 4. The smallest absolute Gasteiger partial charge is 0.336 e. The van der Waals surface area contributed by atoms with Gasteiger partial charge in [0.05, 0.1) is 0 Å². The second-order valence-electron chi connectivity index (χ2n) is 5.91. The van der Waals surface area contributed by atoms with Crippen molar-refractivity contribution in [3.63, 3.8) is 0 Å². The zero-order valence-corrected chi connectivity index (χ0v) is 14.3. The van der Waals surface area contributed by atoms with Crippen molar-refractivity contribution in [1.29, 1.82) is 0 Å². The largest absolute Gasteiger partial charge is 0.462 e. The van der Waals surface area contributed by atoms with E-state index in [1.165, 1.54) is 12.1 Å². The average Bonchev–Trinajstić information content (AvgIpc) is 2.98. The minimum Gasteiger partial charge on any atom is -0.462 e. The van der Waals surface area contributed by atoms with Crippen molar-refractivity contribution in [2.75, 3.05) is 0 Å². The van der Waals surface area contributed by atoms with Crippen molar-refractivity contribution in [2.24, 2.45) is 0 Å². The van der Waals surface area contributed by atoms with Gasteiger partial charge in [-0.15, -0.1) is 0 Å². The predicted molar refractivity (Wildman–Crippen MR) is 94.2 cm³/mol. The number of carbonyl (C=O) groups excluding carboxylic acids is 1. The number of ether oxygens (including phenoxy) is 1. The second kappa shape index (κ2) is 6.81. The molecule has 0 bridgehead atoms. The van der Waals surface area contributed by atoms with Crippen LogP contribution in [0.15, 0.2) is 50.0 Å². The van der Waals surface area contributed by atoms with E-state index < -0.39 is 11.6 Å². The van der Waals surface area contributed by atoms with E-state index in [0.29, 0.717) is 16.9 Å². The van der Waals surface area contributed by atoms with E-state index in [2.05, 4.69) is 0 Å². The summed E-state index contributed by atoms with van der Waals surface area (Å²) >= 11 is 0. The van der Waals surface area contributed by atoms with E-state index in [4.69, 9.17) is 13.6 Å². The standard InChI is InChI=1S/C20H18O5/c1-12-8-17-15(10-20(22)25-18(17)9-13(12)2)11-23-19(21)7-6-16-5-4-14(3)24-16/h4-10H,11H2,1-3H3/b7-6+. The van der Waals surface area contributed by atoms with Gasteiger partial charge in [0.2, 0.25) is 0 Å². The summed E-state index contributed by atoms with van der Waals surface area (Å²) in [5.41, 5.74) is 2.74. The van der Waals surface area contributed by atoms with Gasteiger partial charge in [0, 0.05) is 23.1 Å². The van der Waals surface area contributed by atoms with E-state index in [-0.39, 0.29) is 6.61 Å². The summed E-state index contributed by atoms with van der Waals surface area (Å²) in [7, 11) is 0. The number of benzene rings is 1. The molecule has 0 radical (unpaired) electrons. The fourth-order valence-corrected chi connectivity index (χ4v) is 2.49. The van der Waals surface area contributed by atoms with Crippen LogP contribution in [0.3, 0.4) is 0 Å². The van der Waals surface area contributed by atoms with Gasteiger partial charge in [-0.3, -0.25) is 0 Å². The number of esters is 1. The van der Waals surface area contributed by atoms with Gasteiger partial charge >= 0.3 is 11.6 Å². The van der Waals surface area contributed by atoms with E-state index >= 15 is 0 Å². The lowest BCUT2D eigenvalue weighted by molar-refractivity contribution is -0.138. The molecule has 25 heavy (non-hydrogen) atoms. The van der Waals surface area contributed by atoms with Crippen LogP contribution in [0.1, 0.15) is 28.2 Å². The second-order valence-corrected chi connectivity index (χ2v) is 5.91. The Morgan fingerprint density at radius 1 is 1.08 bits per heavy atom. The third kappa shape index (κ3) is 3.88. The highest BCUT2D eigenvalue weighted by Gasteiger charge is 2.09. The van der Waals surface area contributed by atoms with Crippen LogP contribution in [0, 0.1) is 20.8 Å². The lowest BCUT2D eigenvalue weighted by Gasteiger charge is -2.08. The van der Waals surface area contributed by atoms with Crippen molar-refractivity contribution in [3.8, 4) is 0 Å². The number of carbonyl (C=O) groups is 1. The van der Waals surface area contributed by atoms with E-state index in [0.717, 1.165) is 22.3 Å². The van der Waals surface area contributed by atoms with E-state index in [1.54, 1.807) is 12.1 Å². The van der Waals surface area contributed by atoms with Gasteiger partial charge in [-0.1, -0.05) is 0 Å². The highest BCUT2D eigenvalue weighted by atomic mass is 16.5. The maximum absolute atomic E-state index is 11.9. The molecule has 0 aliphatic heterocycles. The van der Waals surface area contributed by atoms with E-state index in [1.807, 2.05) is 39.0 Å². The molecule has 5 nitrogen and oxygen atoms in total. The topological polar surface area (TPSA) is 69.7 Å². The van der Waals surface area contributed by atoms with Gasteiger partial charge in [0.1, 0.15) is 23.7 Å². The Morgan fingerprint density at radius 2 is 1.84 bits per heavy atom. The maximum atomic E-state index is 11.9. The van der Waals surface area contributed by atoms with Gasteiger partial charge in [-0.05, 0) is 62.2 Å². The monoisotopic (exact) mass is 338 g/mol. The van der Waals surface area contributed by atoms with Crippen molar-refractivity contribution in [1.82, 2.24) is 0 Å². The predicted octanol–water partition coefficient (Wildman–Crippen LogP) is 4.07. The molecular formula is C20H18O5. The Kier molecular flexibility index (Phi) is 4.57. The Hall–Kier alpha value is -3.08. The Bertz CT molecular complexity index is 1020. The first kappa shape index (κ1) is 16.8. The number of hydrogen-bond donors (Lipinski definition) is 0. The number of furan rings is 1. The SMILES string of the molecule is Cc1ccc(/C=C/C(=O)OCc2cc(=O)oc3cc(C)c(C)cc23)o1. The molecule has 0 spiro atoms. The Balaban J connectivity index is 1.78. The molecule has 0 aliphatic carbocycles. The number of fused-ring (bicyclic) bond motifs is 1. The van der Waals surface area contributed by atoms with Gasteiger partial charge in [0.15, 0.2) is 0 Å². The molecule has 0 amide bonds. The van der Waals surface area contributed by atoms with Crippen LogP contribution in [-0.2, 0) is 16.1 Å². The lowest BCUT2D eigenvalue weighted by atomic mass is 10.0. The third-order valence-corrected chi connectivity index (χ3v) is 3.96.